The number of rotatable bonds is 5. The zero-order valence-corrected chi connectivity index (χ0v) is 10.9. The number of methoxy groups -OCH3 is 1. The average Bonchev–Trinajstić information content (AvgIpc) is 2.91. The molecule has 0 N–H and O–H groups in total. The fourth-order valence-corrected chi connectivity index (χ4v) is 2.36. The molecule has 98 valence electrons. The standard InChI is InChI=1S/C15H20O3/c1-17-15(16)10-12-6-2-3-7-13(12)11-18-14-8-4-5-9-14/h2-3,6-7,14H,4-5,8-11H2,1H3. The van der Waals surface area contributed by atoms with Crippen LogP contribution in [0, 0.1) is 0 Å². The van der Waals surface area contributed by atoms with Gasteiger partial charge in [-0.25, -0.2) is 0 Å². The van der Waals surface area contributed by atoms with Crippen molar-refractivity contribution in [3.63, 3.8) is 0 Å². The average molecular weight is 248 g/mol. The minimum Gasteiger partial charge on any atom is -0.469 e. The molecular weight excluding hydrogens is 228 g/mol. The van der Waals surface area contributed by atoms with E-state index in [0.29, 0.717) is 19.1 Å². The number of ether oxygens (including phenoxy) is 2. The van der Waals surface area contributed by atoms with Gasteiger partial charge in [0.1, 0.15) is 0 Å². The van der Waals surface area contributed by atoms with E-state index in [0.717, 1.165) is 11.1 Å². The van der Waals surface area contributed by atoms with Gasteiger partial charge in [0.2, 0.25) is 0 Å². The first-order valence-electron chi connectivity index (χ1n) is 6.55. The van der Waals surface area contributed by atoms with Gasteiger partial charge in [-0.15, -0.1) is 0 Å². The second kappa shape index (κ2) is 6.55. The Morgan fingerprint density at radius 1 is 1.22 bits per heavy atom. The molecule has 3 nitrogen and oxygen atoms in total. The summed E-state index contributed by atoms with van der Waals surface area (Å²) in [7, 11) is 1.42. The molecule has 1 fully saturated rings. The molecule has 1 aromatic carbocycles. The predicted molar refractivity (Wildman–Crippen MR) is 69.2 cm³/mol. The lowest BCUT2D eigenvalue weighted by Gasteiger charge is -2.13. The molecule has 0 atom stereocenters. The van der Waals surface area contributed by atoms with Gasteiger partial charge >= 0.3 is 5.97 Å². The maximum absolute atomic E-state index is 11.3. The summed E-state index contributed by atoms with van der Waals surface area (Å²) < 4.78 is 10.6. The summed E-state index contributed by atoms with van der Waals surface area (Å²) in [5, 5.41) is 0. The third-order valence-corrected chi connectivity index (χ3v) is 3.46. The number of esters is 1. The zero-order chi connectivity index (χ0) is 12.8. The highest BCUT2D eigenvalue weighted by Crippen LogP contribution is 2.22. The first kappa shape index (κ1) is 13.1. The Morgan fingerprint density at radius 3 is 2.56 bits per heavy atom. The molecule has 1 aromatic rings. The summed E-state index contributed by atoms with van der Waals surface area (Å²) in [5.41, 5.74) is 2.09. The topological polar surface area (TPSA) is 35.5 Å². The summed E-state index contributed by atoms with van der Waals surface area (Å²) in [6.07, 6.45) is 5.60. The number of hydrogen-bond acceptors (Lipinski definition) is 3. The van der Waals surface area contributed by atoms with E-state index < -0.39 is 0 Å². The molecule has 1 saturated carbocycles. The van der Waals surface area contributed by atoms with Gasteiger partial charge in [-0.2, -0.15) is 0 Å². The van der Waals surface area contributed by atoms with Gasteiger partial charge in [0.05, 0.1) is 26.2 Å². The number of hydrogen-bond donors (Lipinski definition) is 0. The fourth-order valence-electron chi connectivity index (χ4n) is 2.36. The molecule has 0 saturated heterocycles. The maximum Gasteiger partial charge on any atom is 0.309 e. The van der Waals surface area contributed by atoms with Crippen LogP contribution in [0.3, 0.4) is 0 Å². The fraction of sp³-hybridized carbons (Fsp3) is 0.533. The van der Waals surface area contributed by atoms with Crippen molar-refractivity contribution in [3.8, 4) is 0 Å². The van der Waals surface area contributed by atoms with E-state index in [2.05, 4.69) is 0 Å². The molecule has 0 radical (unpaired) electrons. The highest BCUT2D eigenvalue weighted by atomic mass is 16.5. The van der Waals surface area contributed by atoms with Crippen LogP contribution in [0.25, 0.3) is 0 Å². The molecule has 1 aliphatic rings. The van der Waals surface area contributed by atoms with E-state index in [1.54, 1.807) is 0 Å². The maximum atomic E-state index is 11.3. The summed E-state index contributed by atoms with van der Waals surface area (Å²) in [6.45, 7) is 0.595. The molecule has 0 aliphatic heterocycles. The molecule has 0 heterocycles. The van der Waals surface area contributed by atoms with Gasteiger partial charge in [0, 0.05) is 0 Å². The van der Waals surface area contributed by atoms with Crippen molar-refractivity contribution in [2.24, 2.45) is 0 Å². The molecule has 18 heavy (non-hydrogen) atoms. The summed E-state index contributed by atoms with van der Waals surface area (Å²) in [5.74, 6) is -0.205. The minimum atomic E-state index is -0.205. The van der Waals surface area contributed by atoms with Crippen LogP contribution in [0.5, 0.6) is 0 Å². The zero-order valence-electron chi connectivity index (χ0n) is 10.9. The van der Waals surface area contributed by atoms with Crippen LogP contribution < -0.4 is 0 Å². The van der Waals surface area contributed by atoms with Crippen molar-refractivity contribution < 1.29 is 14.3 Å². The lowest BCUT2D eigenvalue weighted by molar-refractivity contribution is -0.139. The van der Waals surface area contributed by atoms with Gasteiger partial charge in [0.15, 0.2) is 0 Å². The van der Waals surface area contributed by atoms with Crippen LogP contribution in [-0.2, 0) is 27.3 Å². The normalized spacial score (nSPS) is 15.8. The van der Waals surface area contributed by atoms with Crippen molar-refractivity contribution in [2.45, 2.75) is 44.8 Å². The van der Waals surface area contributed by atoms with Crippen LogP contribution in [-0.4, -0.2) is 19.2 Å². The van der Waals surface area contributed by atoms with E-state index in [4.69, 9.17) is 9.47 Å². The Labute approximate surface area is 108 Å². The molecule has 0 aromatic heterocycles. The number of carbonyl (C=O) groups is 1. The van der Waals surface area contributed by atoms with E-state index in [-0.39, 0.29) is 5.97 Å². The van der Waals surface area contributed by atoms with E-state index in [1.807, 2.05) is 24.3 Å². The van der Waals surface area contributed by atoms with Gasteiger partial charge in [0.25, 0.3) is 0 Å². The van der Waals surface area contributed by atoms with Gasteiger partial charge < -0.3 is 9.47 Å². The number of benzene rings is 1. The van der Waals surface area contributed by atoms with Crippen LogP contribution in [0.15, 0.2) is 24.3 Å². The highest BCUT2D eigenvalue weighted by molar-refractivity contribution is 5.72. The Bertz CT molecular complexity index is 394. The van der Waals surface area contributed by atoms with Crippen LogP contribution >= 0.6 is 0 Å². The first-order chi connectivity index (χ1) is 8.79. The van der Waals surface area contributed by atoms with Crippen molar-refractivity contribution in [1.82, 2.24) is 0 Å². The van der Waals surface area contributed by atoms with E-state index in [9.17, 15) is 4.79 Å². The Morgan fingerprint density at radius 2 is 1.89 bits per heavy atom. The van der Waals surface area contributed by atoms with Crippen LogP contribution in [0.4, 0.5) is 0 Å². The summed E-state index contributed by atoms with van der Waals surface area (Å²) >= 11 is 0. The summed E-state index contributed by atoms with van der Waals surface area (Å²) in [6, 6.07) is 7.91. The second-order valence-electron chi connectivity index (χ2n) is 4.74. The largest absolute Gasteiger partial charge is 0.469 e. The monoisotopic (exact) mass is 248 g/mol. The first-order valence-corrected chi connectivity index (χ1v) is 6.55. The molecule has 0 spiro atoms. The Balaban J connectivity index is 1.95. The van der Waals surface area contributed by atoms with Crippen LogP contribution in [0.2, 0.25) is 0 Å². The summed E-state index contributed by atoms with van der Waals surface area (Å²) in [4.78, 5) is 11.3. The van der Waals surface area contributed by atoms with E-state index in [1.165, 1.54) is 32.8 Å². The SMILES string of the molecule is COC(=O)Cc1ccccc1COC1CCCC1. The lowest BCUT2D eigenvalue weighted by atomic mass is 10.1. The minimum absolute atomic E-state index is 0.205. The van der Waals surface area contributed by atoms with Gasteiger partial charge in [-0.3, -0.25) is 4.79 Å². The second-order valence-corrected chi connectivity index (χ2v) is 4.74. The quantitative estimate of drug-likeness (QED) is 0.752. The van der Waals surface area contributed by atoms with Crippen LogP contribution in [0.1, 0.15) is 36.8 Å². The molecule has 0 amide bonds. The molecular formula is C15H20O3. The molecule has 2 rings (SSSR count). The smallest absolute Gasteiger partial charge is 0.309 e. The van der Waals surface area contributed by atoms with Gasteiger partial charge in [-0.05, 0) is 24.0 Å². The third-order valence-electron chi connectivity index (χ3n) is 3.46. The lowest BCUT2D eigenvalue weighted by Crippen LogP contribution is -2.11. The third kappa shape index (κ3) is 3.57. The van der Waals surface area contributed by atoms with Crippen molar-refractivity contribution >= 4 is 5.97 Å². The van der Waals surface area contributed by atoms with Crippen molar-refractivity contribution in [1.29, 1.82) is 0 Å². The van der Waals surface area contributed by atoms with Gasteiger partial charge in [-0.1, -0.05) is 37.1 Å². The van der Waals surface area contributed by atoms with Crippen molar-refractivity contribution in [2.75, 3.05) is 7.11 Å². The molecule has 0 unspecified atom stereocenters. The number of carbonyl (C=O) groups excluding carboxylic acids is 1. The molecule has 1 aliphatic carbocycles. The molecule has 3 heteroatoms. The van der Waals surface area contributed by atoms with E-state index >= 15 is 0 Å². The Kier molecular flexibility index (Phi) is 4.76. The molecule has 0 bridgehead atoms. The Hall–Kier alpha value is -1.35. The van der Waals surface area contributed by atoms with Crippen molar-refractivity contribution in [3.05, 3.63) is 35.4 Å². The predicted octanol–water partition coefficient (Wildman–Crippen LogP) is 2.86. The highest BCUT2D eigenvalue weighted by Gasteiger charge is 2.16.